The Bertz CT molecular complexity index is 705. The van der Waals surface area contributed by atoms with Crippen LogP contribution >= 0.6 is 11.6 Å². The van der Waals surface area contributed by atoms with Gasteiger partial charge in [0.15, 0.2) is 0 Å². The van der Waals surface area contributed by atoms with Crippen molar-refractivity contribution in [3.05, 3.63) is 64.2 Å². The van der Waals surface area contributed by atoms with E-state index in [1.165, 1.54) is 30.3 Å². The molecule has 5 heteroatoms. The van der Waals surface area contributed by atoms with Gasteiger partial charge in [-0.3, -0.25) is 0 Å². The molecule has 0 amide bonds. The standard InChI is InChI=1S/C16H11ClF2O2/c17-15-4-3-12(8-16(15)19)10-21-14-7-11(2-1-5-20)6-13(18)9-14/h3-4,6-9,20H,5,10H2. The fourth-order valence-electron chi connectivity index (χ4n) is 1.66. The highest BCUT2D eigenvalue weighted by Crippen LogP contribution is 2.19. The first kappa shape index (κ1) is 15.3. The molecule has 2 aromatic rings. The van der Waals surface area contributed by atoms with Gasteiger partial charge in [0, 0.05) is 11.6 Å². The molecule has 0 atom stereocenters. The predicted molar refractivity (Wildman–Crippen MR) is 76.1 cm³/mol. The minimum Gasteiger partial charge on any atom is -0.489 e. The van der Waals surface area contributed by atoms with Crippen LogP contribution in [0.25, 0.3) is 0 Å². The summed E-state index contributed by atoms with van der Waals surface area (Å²) in [6, 6.07) is 8.29. The third kappa shape index (κ3) is 4.45. The van der Waals surface area contributed by atoms with Crippen molar-refractivity contribution < 1.29 is 18.6 Å². The van der Waals surface area contributed by atoms with Crippen molar-refractivity contribution in [2.45, 2.75) is 6.61 Å². The van der Waals surface area contributed by atoms with Crippen LogP contribution in [-0.2, 0) is 6.61 Å². The van der Waals surface area contributed by atoms with Gasteiger partial charge in [-0.25, -0.2) is 8.78 Å². The largest absolute Gasteiger partial charge is 0.489 e. The van der Waals surface area contributed by atoms with Gasteiger partial charge in [-0.1, -0.05) is 29.5 Å². The Morgan fingerprint density at radius 1 is 1.14 bits per heavy atom. The molecule has 0 aliphatic heterocycles. The molecule has 0 saturated heterocycles. The number of aliphatic hydroxyl groups is 1. The molecule has 21 heavy (non-hydrogen) atoms. The van der Waals surface area contributed by atoms with Crippen LogP contribution in [0.3, 0.4) is 0 Å². The fourth-order valence-corrected chi connectivity index (χ4v) is 1.77. The molecule has 0 bridgehead atoms. The van der Waals surface area contributed by atoms with E-state index in [1.54, 1.807) is 6.07 Å². The summed E-state index contributed by atoms with van der Waals surface area (Å²) in [6.45, 7) is -0.235. The highest BCUT2D eigenvalue weighted by Gasteiger charge is 2.04. The third-order valence-electron chi connectivity index (χ3n) is 2.57. The Morgan fingerprint density at radius 2 is 1.95 bits per heavy atom. The van der Waals surface area contributed by atoms with Gasteiger partial charge >= 0.3 is 0 Å². The first-order chi connectivity index (χ1) is 10.1. The zero-order chi connectivity index (χ0) is 15.2. The van der Waals surface area contributed by atoms with Crippen LogP contribution in [0.4, 0.5) is 8.78 Å². The molecule has 1 N–H and O–H groups in total. The van der Waals surface area contributed by atoms with Gasteiger partial charge in [0.2, 0.25) is 0 Å². The molecule has 0 aliphatic carbocycles. The van der Waals surface area contributed by atoms with E-state index in [-0.39, 0.29) is 24.0 Å². The van der Waals surface area contributed by atoms with Crippen LogP contribution in [0.15, 0.2) is 36.4 Å². The lowest BCUT2D eigenvalue weighted by Crippen LogP contribution is -1.97. The molecule has 2 nitrogen and oxygen atoms in total. The highest BCUT2D eigenvalue weighted by atomic mass is 35.5. The molecular weight excluding hydrogens is 298 g/mol. The van der Waals surface area contributed by atoms with Gasteiger partial charge in [-0.15, -0.1) is 0 Å². The van der Waals surface area contributed by atoms with E-state index in [9.17, 15) is 8.78 Å². The molecule has 2 aromatic carbocycles. The van der Waals surface area contributed by atoms with Crippen LogP contribution in [0.5, 0.6) is 5.75 Å². The smallest absolute Gasteiger partial charge is 0.142 e. The number of aliphatic hydroxyl groups excluding tert-OH is 1. The number of rotatable bonds is 3. The molecule has 0 aromatic heterocycles. The van der Waals surface area contributed by atoms with E-state index >= 15 is 0 Å². The lowest BCUT2D eigenvalue weighted by molar-refractivity contribution is 0.304. The van der Waals surface area contributed by atoms with Gasteiger partial charge in [0.1, 0.15) is 30.6 Å². The summed E-state index contributed by atoms with van der Waals surface area (Å²) in [7, 11) is 0. The fraction of sp³-hybridized carbons (Fsp3) is 0.125. The first-order valence-corrected chi connectivity index (χ1v) is 6.43. The maximum Gasteiger partial charge on any atom is 0.142 e. The molecular formula is C16H11ClF2O2. The monoisotopic (exact) mass is 308 g/mol. The molecule has 2 rings (SSSR count). The van der Waals surface area contributed by atoms with Gasteiger partial charge < -0.3 is 9.84 Å². The summed E-state index contributed by atoms with van der Waals surface area (Å²) in [4.78, 5) is 0. The number of hydrogen-bond donors (Lipinski definition) is 1. The maximum atomic E-state index is 13.4. The zero-order valence-corrected chi connectivity index (χ0v) is 11.6. The molecule has 0 unspecified atom stereocenters. The molecule has 0 radical (unpaired) electrons. The second kappa shape index (κ2) is 7.07. The first-order valence-electron chi connectivity index (χ1n) is 6.05. The Balaban J connectivity index is 2.12. The van der Waals surface area contributed by atoms with E-state index in [0.717, 1.165) is 0 Å². The van der Waals surface area contributed by atoms with E-state index < -0.39 is 11.6 Å². The molecule has 0 heterocycles. The van der Waals surface area contributed by atoms with E-state index in [0.29, 0.717) is 11.1 Å². The summed E-state index contributed by atoms with van der Waals surface area (Å²) >= 11 is 5.59. The van der Waals surface area contributed by atoms with Crippen LogP contribution in [0.1, 0.15) is 11.1 Å². The predicted octanol–water partition coefficient (Wildman–Crippen LogP) is 3.54. The average molecular weight is 309 g/mol. The summed E-state index contributed by atoms with van der Waals surface area (Å²) in [5, 5.41) is 8.66. The van der Waals surface area contributed by atoms with Gasteiger partial charge in [-0.2, -0.15) is 0 Å². The summed E-state index contributed by atoms with van der Waals surface area (Å²) < 4.78 is 32.1. The van der Waals surface area contributed by atoms with E-state index in [1.807, 2.05) is 0 Å². The molecule has 0 saturated carbocycles. The number of ether oxygens (including phenoxy) is 1. The second-order valence-corrected chi connectivity index (χ2v) is 4.58. The van der Waals surface area contributed by atoms with Gasteiger partial charge in [0.25, 0.3) is 0 Å². The lowest BCUT2D eigenvalue weighted by atomic mass is 10.2. The Kier molecular flexibility index (Phi) is 5.15. The Hall–Kier alpha value is -2.09. The molecule has 0 fully saturated rings. The average Bonchev–Trinajstić information content (AvgIpc) is 2.46. The van der Waals surface area contributed by atoms with Crippen LogP contribution < -0.4 is 4.74 Å². The van der Waals surface area contributed by atoms with Crippen LogP contribution in [0, 0.1) is 23.5 Å². The lowest BCUT2D eigenvalue weighted by Gasteiger charge is -2.07. The normalized spacial score (nSPS) is 9.90. The zero-order valence-electron chi connectivity index (χ0n) is 10.9. The maximum absolute atomic E-state index is 13.4. The summed E-state index contributed by atoms with van der Waals surface area (Å²) in [5.74, 6) is 4.25. The number of halogens is 3. The minimum atomic E-state index is -0.536. The van der Waals surface area contributed by atoms with Crippen molar-refractivity contribution in [3.63, 3.8) is 0 Å². The van der Waals surface area contributed by atoms with E-state index in [2.05, 4.69) is 11.8 Å². The van der Waals surface area contributed by atoms with Crippen LogP contribution in [0.2, 0.25) is 5.02 Å². The number of benzene rings is 2. The third-order valence-corrected chi connectivity index (χ3v) is 2.88. The van der Waals surface area contributed by atoms with Gasteiger partial charge in [0.05, 0.1) is 5.02 Å². The Morgan fingerprint density at radius 3 is 2.67 bits per heavy atom. The van der Waals surface area contributed by atoms with Crippen molar-refractivity contribution in [1.29, 1.82) is 0 Å². The minimum absolute atomic E-state index is 0.0334. The molecule has 108 valence electrons. The van der Waals surface area contributed by atoms with Crippen molar-refractivity contribution in [1.82, 2.24) is 0 Å². The van der Waals surface area contributed by atoms with Crippen LogP contribution in [-0.4, -0.2) is 11.7 Å². The molecule has 0 aliphatic rings. The van der Waals surface area contributed by atoms with Crippen molar-refractivity contribution >= 4 is 11.6 Å². The SMILES string of the molecule is OCC#Cc1cc(F)cc(OCc2ccc(Cl)c(F)c2)c1. The quantitative estimate of drug-likeness (QED) is 0.879. The Labute approximate surface area is 125 Å². The number of hydrogen-bond acceptors (Lipinski definition) is 2. The van der Waals surface area contributed by atoms with Crippen molar-refractivity contribution in [2.75, 3.05) is 6.61 Å². The highest BCUT2D eigenvalue weighted by molar-refractivity contribution is 6.30. The van der Waals surface area contributed by atoms with Crippen molar-refractivity contribution in [2.24, 2.45) is 0 Å². The second-order valence-electron chi connectivity index (χ2n) is 4.17. The summed E-state index contributed by atoms with van der Waals surface area (Å²) in [5.41, 5.74) is 0.963. The topological polar surface area (TPSA) is 29.5 Å². The molecule has 0 spiro atoms. The van der Waals surface area contributed by atoms with Gasteiger partial charge in [-0.05, 0) is 29.8 Å². The van der Waals surface area contributed by atoms with E-state index in [4.69, 9.17) is 21.4 Å². The summed E-state index contributed by atoms with van der Waals surface area (Å²) in [6.07, 6.45) is 0. The van der Waals surface area contributed by atoms with Crippen molar-refractivity contribution in [3.8, 4) is 17.6 Å².